The monoisotopic (exact) mass is 301 g/mol. The fourth-order valence-electron chi connectivity index (χ4n) is 1.88. The second kappa shape index (κ2) is 5.54. The second-order valence-corrected chi connectivity index (χ2v) is 5.22. The van der Waals surface area contributed by atoms with Crippen LogP contribution < -0.4 is 0 Å². The molecule has 0 N–H and O–H groups in total. The van der Waals surface area contributed by atoms with Gasteiger partial charge in [0.25, 0.3) is 0 Å². The Hall–Kier alpha value is -2.40. The first-order valence-corrected chi connectivity index (χ1v) is 7.04. The van der Waals surface area contributed by atoms with Crippen molar-refractivity contribution in [1.82, 2.24) is 4.98 Å². The summed E-state index contributed by atoms with van der Waals surface area (Å²) >= 11 is 1.18. The average molecular weight is 301 g/mol. The Kier molecular flexibility index (Phi) is 3.58. The third kappa shape index (κ3) is 2.73. The molecule has 0 aliphatic heterocycles. The maximum atomic E-state index is 13.2. The lowest BCUT2D eigenvalue weighted by Crippen LogP contribution is -2.00. The van der Waals surface area contributed by atoms with Crippen molar-refractivity contribution in [2.45, 2.75) is 0 Å². The molecule has 104 valence electrons. The molecule has 0 fully saturated rings. The largest absolute Gasteiger partial charge is 0.286 e. The molecule has 21 heavy (non-hydrogen) atoms. The van der Waals surface area contributed by atoms with Crippen molar-refractivity contribution >= 4 is 17.1 Å². The molecule has 3 rings (SSSR count). The van der Waals surface area contributed by atoms with Gasteiger partial charge < -0.3 is 0 Å². The van der Waals surface area contributed by atoms with E-state index in [-0.39, 0.29) is 5.78 Å². The number of benzene rings is 2. The first kappa shape index (κ1) is 13.6. The summed E-state index contributed by atoms with van der Waals surface area (Å²) in [6.07, 6.45) is 0. The van der Waals surface area contributed by atoms with Gasteiger partial charge in [-0.25, -0.2) is 13.8 Å². The van der Waals surface area contributed by atoms with E-state index in [1.807, 2.05) is 6.07 Å². The first-order chi connectivity index (χ1) is 10.1. The molecule has 1 heterocycles. The van der Waals surface area contributed by atoms with E-state index >= 15 is 0 Å². The van der Waals surface area contributed by atoms with E-state index in [1.165, 1.54) is 17.4 Å². The van der Waals surface area contributed by atoms with Gasteiger partial charge in [-0.1, -0.05) is 30.3 Å². The quantitative estimate of drug-likeness (QED) is 0.674. The highest BCUT2D eigenvalue weighted by molar-refractivity contribution is 7.12. The standard InChI is InChI=1S/C16H9F2NOS/c17-12-7-6-11(8-13(12)18)14-9-21-16(19-14)15(20)10-4-2-1-3-5-10/h1-9H. The number of thiazole rings is 1. The molecule has 0 saturated heterocycles. The summed E-state index contributed by atoms with van der Waals surface area (Å²) in [5, 5.41) is 1.98. The van der Waals surface area contributed by atoms with Crippen LogP contribution in [-0.4, -0.2) is 10.8 Å². The lowest BCUT2D eigenvalue weighted by molar-refractivity contribution is 0.103. The van der Waals surface area contributed by atoms with Crippen molar-refractivity contribution in [2.75, 3.05) is 0 Å². The van der Waals surface area contributed by atoms with Crippen LogP contribution in [0.3, 0.4) is 0 Å². The van der Waals surface area contributed by atoms with Crippen LogP contribution in [0.25, 0.3) is 11.3 Å². The number of ketones is 1. The van der Waals surface area contributed by atoms with Gasteiger partial charge in [0, 0.05) is 16.5 Å². The number of hydrogen-bond acceptors (Lipinski definition) is 3. The van der Waals surface area contributed by atoms with Gasteiger partial charge in [0.1, 0.15) is 0 Å². The Bertz CT molecular complexity index is 799. The minimum atomic E-state index is -0.934. The van der Waals surface area contributed by atoms with Crippen molar-refractivity contribution in [1.29, 1.82) is 0 Å². The number of nitrogens with zero attached hydrogens (tertiary/aromatic N) is 1. The molecule has 0 radical (unpaired) electrons. The van der Waals surface area contributed by atoms with E-state index in [2.05, 4.69) is 4.98 Å². The number of aromatic nitrogens is 1. The van der Waals surface area contributed by atoms with Crippen molar-refractivity contribution in [2.24, 2.45) is 0 Å². The third-order valence-corrected chi connectivity index (χ3v) is 3.79. The Morgan fingerprint density at radius 1 is 1.00 bits per heavy atom. The molecule has 0 unspecified atom stereocenters. The maximum Gasteiger partial charge on any atom is 0.221 e. The van der Waals surface area contributed by atoms with Crippen LogP contribution in [0.15, 0.2) is 53.9 Å². The predicted octanol–water partition coefficient (Wildman–Crippen LogP) is 4.32. The summed E-state index contributed by atoms with van der Waals surface area (Å²) in [7, 11) is 0. The minimum absolute atomic E-state index is 0.186. The molecule has 2 nitrogen and oxygen atoms in total. The smallest absolute Gasteiger partial charge is 0.221 e. The number of rotatable bonds is 3. The van der Waals surface area contributed by atoms with Crippen LogP contribution >= 0.6 is 11.3 Å². The topological polar surface area (TPSA) is 30.0 Å². The highest BCUT2D eigenvalue weighted by atomic mass is 32.1. The lowest BCUT2D eigenvalue weighted by Gasteiger charge is -1.98. The summed E-state index contributed by atoms with van der Waals surface area (Å²) in [4.78, 5) is 16.4. The fourth-order valence-corrected chi connectivity index (χ4v) is 2.67. The molecule has 3 aromatic rings. The highest BCUT2D eigenvalue weighted by Gasteiger charge is 2.14. The van der Waals surface area contributed by atoms with Gasteiger partial charge in [0.15, 0.2) is 16.6 Å². The van der Waals surface area contributed by atoms with Crippen LogP contribution in [-0.2, 0) is 0 Å². The molecule has 0 bridgehead atoms. The molecule has 0 spiro atoms. The van der Waals surface area contributed by atoms with Crippen molar-refractivity contribution in [3.8, 4) is 11.3 Å². The molecule has 0 atom stereocenters. The van der Waals surface area contributed by atoms with Crippen LogP contribution in [0.4, 0.5) is 8.78 Å². The zero-order chi connectivity index (χ0) is 14.8. The summed E-state index contributed by atoms with van der Waals surface area (Å²) in [5.74, 6) is -2.03. The normalized spacial score (nSPS) is 10.6. The van der Waals surface area contributed by atoms with E-state index in [0.29, 0.717) is 21.8 Å². The Labute approximate surface area is 123 Å². The predicted molar refractivity (Wildman–Crippen MR) is 77.3 cm³/mol. The van der Waals surface area contributed by atoms with E-state index < -0.39 is 11.6 Å². The molecular formula is C16H9F2NOS. The molecule has 0 aliphatic rings. The zero-order valence-electron chi connectivity index (χ0n) is 10.7. The minimum Gasteiger partial charge on any atom is -0.286 e. The van der Waals surface area contributed by atoms with Crippen LogP contribution in [0.1, 0.15) is 15.4 Å². The lowest BCUT2D eigenvalue weighted by atomic mass is 10.1. The van der Waals surface area contributed by atoms with Gasteiger partial charge in [0.05, 0.1) is 5.69 Å². The molecule has 5 heteroatoms. The van der Waals surface area contributed by atoms with E-state index in [0.717, 1.165) is 12.1 Å². The summed E-state index contributed by atoms with van der Waals surface area (Å²) in [5.41, 5.74) is 1.44. The van der Waals surface area contributed by atoms with Crippen molar-refractivity contribution in [3.63, 3.8) is 0 Å². The molecule has 1 aromatic heterocycles. The second-order valence-electron chi connectivity index (χ2n) is 4.36. The van der Waals surface area contributed by atoms with Crippen LogP contribution in [0, 0.1) is 11.6 Å². The number of carbonyl (C=O) groups excluding carboxylic acids is 1. The number of hydrogen-bond donors (Lipinski definition) is 0. The van der Waals surface area contributed by atoms with Gasteiger partial charge in [-0.2, -0.15) is 0 Å². The molecule has 0 amide bonds. The van der Waals surface area contributed by atoms with E-state index in [9.17, 15) is 13.6 Å². The summed E-state index contributed by atoms with van der Waals surface area (Å²) in [6.45, 7) is 0. The Morgan fingerprint density at radius 3 is 2.48 bits per heavy atom. The van der Waals surface area contributed by atoms with Crippen LogP contribution in [0.2, 0.25) is 0 Å². The molecular weight excluding hydrogens is 292 g/mol. The Balaban J connectivity index is 1.93. The van der Waals surface area contributed by atoms with Gasteiger partial charge in [-0.05, 0) is 18.2 Å². The van der Waals surface area contributed by atoms with Gasteiger partial charge in [-0.3, -0.25) is 4.79 Å². The van der Waals surface area contributed by atoms with Crippen molar-refractivity contribution in [3.05, 3.63) is 76.1 Å². The fraction of sp³-hybridized carbons (Fsp3) is 0. The third-order valence-electron chi connectivity index (χ3n) is 2.95. The molecule has 0 aliphatic carbocycles. The summed E-state index contributed by atoms with van der Waals surface area (Å²) < 4.78 is 26.2. The number of halogens is 2. The molecule has 2 aromatic carbocycles. The van der Waals surface area contributed by atoms with Gasteiger partial charge >= 0.3 is 0 Å². The first-order valence-electron chi connectivity index (χ1n) is 6.16. The zero-order valence-corrected chi connectivity index (χ0v) is 11.5. The molecule has 0 saturated carbocycles. The van der Waals surface area contributed by atoms with E-state index in [4.69, 9.17) is 0 Å². The SMILES string of the molecule is O=C(c1ccccc1)c1nc(-c2ccc(F)c(F)c2)cs1. The van der Waals surface area contributed by atoms with Gasteiger partial charge in [0.2, 0.25) is 5.78 Å². The van der Waals surface area contributed by atoms with Crippen molar-refractivity contribution < 1.29 is 13.6 Å². The highest BCUT2D eigenvalue weighted by Crippen LogP contribution is 2.24. The van der Waals surface area contributed by atoms with Crippen LogP contribution in [0.5, 0.6) is 0 Å². The van der Waals surface area contributed by atoms with Gasteiger partial charge in [-0.15, -0.1) is 11.3 Å². The Morgan fingerprint density at radius 2 is 1.76 bits per heavy atom. The summed E-state index contributed by atoms with van der Waals surface area (Å²) in [6, 6.07) is 12.3. The number of carbonyl (C=O) groups is 1. The average Bonchev–Trinajstić information content (AvgIpc) is 3.00. The maximum absolute atomic E-state index is 13.2. The van der Waals surface area contributed by atoms with E-state index in [1.54, 1.807) is 29.6 Å².